The number of fused-ring (bicyclic) bond motifs is 1. The van der Waals surface area contributed by atoms with E-state index in [0.29, 0.717) is 6.42 Å². The molecule has 0 amide bonds. The van der Waals surface area contributed by atoms with Crippen molar-refractivity contribution >= 4 is 37.4 Å². The van der Waals surface area contributed by atoms with Crippen LogP contribution in [-0.2, 0) is 0 Å². The summed E-state index contributed by atoms with van der Waals surface area (Å²) in [5.74, 6) is 0.839. The van der Waals surface area contributed by atoms with Crippen LogP contribution in [0.25, 0.3) is 20.5 Å². The number of halogens is 1. The van der Waals surface area contributed by atoms with Crippen LogP contribution >= 0.6 is 27.3 Å². The predicted octanol–water partition coefficient (Wildman–Crippen LogP) is 6.65. The molecule has 3 aromatic rings. The van der Waals surface area contributed by atoms with Crippen molar-refractivity contribution in [2.75, 3.05) is 0 Å². The molecule has 0 fully saturated rings. The predicted molar refractivity (Wildman–Crippen MR) is 111 cm³/mol. The first kappa shape index (κ1) is 18.4. The van der Waals surface area contributed by atoms with Crippen LogP contribution in [0.5, 0.6) is 5.75 Å². The fraction of sp³-hybridized carbons (Fsp3) is 0.333. The Labute approximate surface area is 161 Å². The van der Waals surface area contributed by atoms with Gasteiger partial charge in [0.25, 0.3) is 0 Å². The summed E-state index contributed by atoms with van der Waals surface area (Å²) in [5.41, 5.74) is 0.0254. The molecule has 2 aromatic carbocycles. The number of thiophene rings is 1. The lowest BCUT2D eigenvalue weighted by molar-refractivity contribution is -0.0105. The molecule has 1 N–H and O–H groups in total. The minimum atomic E-state index is -0.759. The molecule has 0 bridgehead atoms. The van der Waals surface area contributed by atoms with Crippen molar-refractivity contribution in [2.45, 2.75) is 45.3 Å². The summed E-state index contributed by atoms with van der Waals surface area (Å²) in [5, 5.41) is 11.3. The van der Waals surface area contributed by atoms with Gasteiger partial charge < -0.3 is 9.84 Å². The van der Waals surface area contributed by atoms with E-state index < -0.39 is 11.2 Å². The average molecular weight is 419 g/mol. The SMILES string of the molecule is CC(C)(O)CC(C)(C)Oc1ccc2cc(-c3ccc(Br)cc3)sc2c1. The lowest BCUT2D eigenvalue weighted by atomic mass is 9.92. The van der Waals surface area contributed by atoms with Gasteiger partial charge in [-0.25, -0.2) is 0 Å². The van der Waals surface area contributed by atoms with E-state index in [1.54, 1.807) is 11.3 Å². The molecular weight excluding hydrogens is 396 g/mol. The lowest BCUT2D eigenvalue weighted by Gasteiger charge is -2.32. The standard InChI is InChI=1S/C21H23BrO2S/c1-20(2,23)13-21(3,4)24-17-10-7-15-11-18(25-19(15)12-17)14-5-8-16(22)9-6-14/h5-12,23H,13H2,1-4H3. The molecule has 25 heavy (non-hydrogen) atoms. The number of benzene rings is 2. The number of rotatable bonds is 5. The van der Waals surface area contributed by atoms with E-state index in [-0.39, 0.29) is 0 Å². The number of aliphatic hydroxyl groups is 1. The Morgan fingerprint density at radius 1 is 1.00 bits per heavy atom. The molecule has 1 heterocycles. The number of ether oxygens (including phenoxy) is 1. The van der Waals surface area contributed by atoms with Crippen LogP contribution in [0.1, 0.15) is 34.1 Å². The first-order valence-electron chi connectivity index (χ1n) is 8.32. The number of hydrogen-bond donors (Lipinski definition) is 1. The van der Waals surface area contributed by atoms with Crippen LogP contribution in [0.2, 0.25) is 0 Å². The zero-order valence-corrected chi connectivity index (χ0v) is 17.4. The topological polar surface area (TPSA) is 29.5 Å². The zero-order valence-electron chi connectivity index (χ0n) is 15.0. The molecule has 0 spiro atoms. The van der Waals surface area contributed by atoms with Crippen molar-refractivity contribution in [1.82, 2.24) is 0 Å². The van der Waals surface area contributed by atoms with Crippen LogP contribution in [0.3, 0.4) is 0 Å². The maximum absolute atomic E-state index is 10.1. The molecule has 0 saturated carbocycles. The average Bonchev–Trinajstić information content (AvgIpc) is 2.88. The molecule has 0 aliphatic heterocycles. The van der Waals surface area contributed by atoms with Crippen LogP contribution in [0.4, 0.5) is 0 Å². The van der Waals surface area contributed by atoms with E-state index in [9.17, 15) is 5.11 Å². The van der Waals surface area contributed by atoms with Gasteiger partial charge in [-0.05, 0) is 75.0 Å². The highest BCUT2D eigenvalue weighted by Crippen LogP contribution is 2.37. The first-order valence-corrected chi connectivity index (χ1v) is 9.93. The van der Waals surface area contributed by atoms with Crippen LogP contribution in [0.15, 0.2) is 53.0 Å². The summed E-state index contributed by atoms with van der Waals surface area (Å²) < 4.78 is 8.45. The molecular formula is C21H23BrO2S. The minimum absolute atomic E-state index is 0.433. The Kier molecular flexibility index (Phi) is 4.97. The maximum Gasteiger partial charge on any atom is 0.121 e. The van der Waals surface area contributed by atoms with Gasteiger partial charge in [0, 0.05) is 20.5 Å². The second-order valence-electron chi connectivity index (χ2n) is 7.67. The zero-order chi connectivity index (χ0) is 18.2. The van der Waals surface area contributed by atoms with Crippen molar-refractivity contribution in [2.24, 2.45) is 0 Å². The van der Waals surface area contributed by atoms with Gasteiger partial charge >= 0.3 is 0 Å². The van der Waals surface area contributed by atoms with Gasteiger partial charge in [0.2, 0.25) is 0 Å². The molecule has 0 saturated heterocycles. The summed E-state index contributed by atoms with van der Waals surface area (Å²) in [7, 11) is 0. The summed E-state index contributed by atoms with van der Waals surface area (Å²) in [4.78, 5) is 1.25. The molecule has 2 nitrogen and oxygen atoms in total. The summed E-state index contributed by atoms with van der Waals surface area (Å²) in [6.07, 6.45) is 0.562. The van der Waals surface area contributed by atoms with Crippen LogP contribution in [0, 0.1) is 0 Å². The second kappa shape index (κ2) is 6.75. The summed E-state index contributed by atoms with van der Waals surface area (Å²) in [6, 6.07) is 16.8. The van der Waals surface area contributed by atoms with Gasteiger partial charge in [-0.1, -0.05) is 28.1 Å². The molecule has 0 aliphatic rings. The fourth-order valence-corrected chi connectivity index (χ4v) is 4.59. The van der Waals surface area contributed by atoms with Crippen LogP contribution < -0.4 is 4.74 Å². The first-order chi connectivity index (χ1) is 11.6. The van der Waals surface area contributed by atoms with Gasteiger partial charge in [0.05, 0.1) is 5.60 Å². The minimum Gasteiger partial charge on any atom is -0.488 e. The van der Waals surface area contributed by atoms with Crippen molar-refractivity contribution in [3.63, 3.8) is 0 Å². The molecule has 4 heteroatoms. The smallest absolute Gasteiger partial charge is 0.121 e. The Balaban J connectivity index is 1.86. The van der Waals surface area contributed by atoms with Gasteiger partial charge in [0.15, 0.2) is 0 Å². The van der Waals surface area contributed by atoms with Gasteiger partial charge in [-0.3, -0.25) is 0 Å². The molecule has 132 valence electrons. The van der Waals surface area contributed by atoms with E-state index in [1.807, 2.05) is 33.8 Å². The molecule has 3 rings (SSSR count). The quantitative estimate of drug-likeness (QED) is 0.502. The molecule has 0 radical (unpaired) electrons. The normalized spacial score (nSPS) is 12.6. The van der Waals surface area contributed by atoms with Crippen molar-refractivity contribution in [3.05, 3.63) is 53.0 Å². The van der Waals surface area contributed by atoms with Gasteiger partial charge in [0.1, 0.15) is 11.4 Å². The third-order valence-electron chi connectivity index (χ3n) is 3.87. The Bertz CT molecular complexity index is 873. The lowest BCUT2D eigenvalue weighted by Crippen LogP contribution is -2.37. The third-order valence-corrected chi connectivity index (χ3v) is 5.55. The highest BCUT2D eigenvalue weighted by atomic mass is 79.9. The van der Waals surface area contributed by atoms with Gasteiger partial charge in [-0.2, -0.15) is 0 Å². The van der Waals surface area contributed by atoms with Crippen molar-refractivity contribution in [3.8, 4) is 16.2 Å². The largest absolute Gasteiger partial charge is 0.488 e. The Morgan fingerprint density at radius 3 is 2.32 bits per heavy atom. The van der Waals surface area contributed by atoms with Crippen LogP contribution in [-0.4, -0.2) is 16.3 Å². The van der Waals surface area contributed by atoms with E-state index in [4.69, 9.17) is 4.74 Å². The van der Waals surface area contributed by atoms with Crippen molar-refractivity contribution in [1.29, 1.82) is 0 Å². The van der Waals surface area contributed by atoms with E-state index in [0.717, 1.165) is 10.2 Å². The summed E-state index contributed by atoms with van der Waals surface area (Å²) >= 11 is 5.24. The Morgan fingerprint density at radius 2 is 1.68 bits per heavy atom. The second-order valence-corrected chi connectivity index (χ2v) is 9.67. The van der Waals surface area contributed by atoms with E-state index >= 15 is 0 Å². The monoisotopic (exact) mass is 418 g/mol. The molecule has 0 unspecified atom stereocenters. The molecule has 0 atom stereocenters. The Hall–Kier alpha value is -1.36. The molecule has 0 aliphatic carbocycles. The highest BCUT2D eigenvalue weighted by Gasteiger charge is 2.28. The number of hydrogen-bond acceptors (Lipinski definition) is 3. The summed E-state index contributed by atoms with van der Waals surface area (Å²) in [6.45, 7) is 7.64. The fourth-order valence-electron chi connectivity index (χ4n) is 3.23. The van der Waals surface area contributed by atoms with Gasteiger partial charge in [-0.15, -0.1) is 11.3 Å². The molecule has 1 aromatic heterocycles. The van der Waals surface area contributed by atoms with E-state index in [1.165, 1.54) is 20.5 Å². The maximum atomic E-state index is 10.1. The van der Waals surface area contributed by atoms with Crippen molar-refractivity contribution < 1.29 is 9.84 Å². The third kappa shape index (κ3) is 4.84. The highest BCUT2D eigenvalue weighted by molar-refractivity contribution is 9.10. The van der Waals surface area contributed by atoms with E-state index in [2.05, 4.69) is 58.4 Å².